The van der Waals surface area contributed by atoms with Crippen molar-refractivity contribution >= 4 is 16.9 Å². The van der Waals surface area contributed by atoms with Crippen molar-refractivity contribution in [1.82, 2.24) is 0 Å². The van der Waals surface area contributed by atoms with Gasteiger partial charge in [0, 0.05) is 6.92 Å². The van der Waals surface area contributed by atoms with Gasteiger partial charge in [0.2, 0.25) is 0 Å². The first-order chi connectivity index (χ1) is 6.49. The van der Waals surface area contributed by atoms with Gasteiger partial charge in [0.25, 0.3) is 0 Å². The van der Waals surface area contributed by atoms with E-state index in [-0.39, 0.29) is 5.12 Å². The quantitative estimate of drug-likeness (QED) is 0.637. The molecule has 0 radical (unpaired) electrons. The Morgan fingerprint density at radius 3 is 1.93 bits per heavy atom. The third-order valence-electron chi connectivity index (χ3n) is 3.02. The van der Waals surface area contributed by atoms with Gasteiger partial charge in [0.15, 0.2) is 5.12 Å². The number of quaternary nitrogens is 1. The standard InChI is InChI=1S/C11H24NOS/c1-6-12(7-2,8-3)9-10(4)14-11(5)13/h10H,6-9H2,1-5H3/q+1. The Labute approximate surface area is 92.6 Å². The second kappa shape index (κ2) is 6.46. The van der Waals surface area contributed by atoms with Crippen LogP contribution in [0, 0.1) is 0 Å². The van der Waals surface area contributed by atoms with E-state index in [1.54, 1.807) is 6.92 Å². The summed E-state index contributed by atoms with van der Waals surface area (Å²) < 4.78 is 1.13. The maximum Gasteiger partial charge on any atom is 0.186 e. The molecule has 0 aromatic heterocycles. The van der Waals surface area contributed by atoms with Crippen LogP contribution in [-0.2, 0) is 4.79 Å². The summed E-state index contributed by atoms with van der Waals surface area (Å²) in [7, 11) is 0. The van der Waals surface area contributed by atoms with Gasteiger partial charge >= 0.3 is 0 Å². The zero-order valence-electron chi connectivity index (χ0n) is 10.2. The molecule has 0 aliphatic rings. The number of thioether (sulfide) groups is 1. The molecule has 0 aliphatic heterocycles. The summed E-state index contributed by atoms with van der Waals surface area (Å²) in [6.07, 6.45) is 0. The van der Waals surface area contributed by atoms with Crippen LogP contribution in [-0.4, -0.2) is 41.0 Å². The summed E-state index contributed by atoms with van der Waals surface area (Å²) in [4.78, 5) is 11.0. The van der Waals surface area contributed by atoms with Crippen molar-refractivity contribution < 1.29 is 9.28 Å². The van der Waals surface area contributed by atoms with Crippen LogP contribution in [0.2, 0.25) is 0 Å². The molecule has 0 aromatic rings. The lowest BCUT2D eigenvalue weighted by molar-refractivity contribution is -0.922. The molecule has 3 heteroatoms. The SMILES string of the molecule is CC[N+](CC)(CC)CC(C)SC(C)=O. The molecular weight excluding hydrogens is 194 g/mol. The number of nitrogens with zero attached hydrogens (tertiary/aromatic N) is 1. The lowest BCUT2D eigenvalue weighted by Crippen LogP contribution is -2.50. The van der Waals surface area contributed by atoms with Crippen LogP contribution < -0.4 is 0 Å². The molecule has 0 amide bonds. The zero-order valence-corrected chi connectivity index (χ0v) is 11.0. The molecule has 0 rings (SSSR count). The molecule has 0 fully saturated rings. The van der Waals surface area contributed by atoms with Crippen molar-refractivity contribution in [3.05, 3.63) is 0 Å². The summed E-state index contributed by atoms with van der Waals surface area (Å²) in [5.41, 5.74) is 0. The number of rotatable bonds is 6. The van der Waals surface area contributed by atoms with E-state index in [9.17, 15) is 4.79 Å². The van der Waals surface area contributed by atoms with Crippen LogP contribution in [0.5, 0.6) is 0 Å². The molecule has 0 heterocycles. The maximum atomic E-state index is 11.0. The van der Waals surface area contributed by atoms with Crippen LogP contribution in [0.4, 0.5) is 0 Å². The molecule has 84 valence electrons. The van der Waals surface area contributed by atoms with E-state index in [4.69, 9.17) is 0 Å². The van der Waals surface area contributed by atoms with Gasteiger partial charge < -0.3 is 4.48 Å². The minimum absolute atomic E-state index is 0.235. The molecule has 14 heavy (non-hydrogen) atoms. The summed E-state index contributed by atoms with van der Waals surface area (Å²) in [5.74, 6) is 0. The molecule has 0 aliphatic carbocycles. The minimum Gasteiger partial charge on any atom is -0.323 e. The zero-order chi connectivity index (χ0) is 11.2. The number of carbonyl (C=O) groups excluding carboxylic acids is 1. The fraction of sp³-hybridized carbons (Fsp3) is 0.909. The molecule has 0 saturated heterocycles. The highest BCUT2D eigenvalue weighted by Crippen LogP contribution is 2.17. The Kier molecular flexibility index (Phi) is 6.45. The lowest BCUT2D eigenvalue weighted by atomic mass is 10.3. The van der Waals surface area contributed by atoms with E-state index < -0.39 is 0 Å². The lowest BCUT2D eigenvalue weighted by Gasteiger charge is -2.37. The molecule has 1 unspecified atom stereocenters. The van der Waals surface area contributed by atoms with Gasteiger partial charge in [-0.05, 0) is 27.7 Å². The van der Waals surface area contributed by atoms with Gasteiger partial charge in [-0.3, -0.25) is 4.79 Å². The predicted molar refractivity (Wildman–Crippen MR) is 64.5 cm³/mol. The molecular formula is C11H24NOS+. The fourth-order valence-electron chi connectivity index (χ4n) is 1.92. The second-order valence-electron chi connectivity index (χ2n) is 3.89. The fourth-order valence-corrected chi connectivity index (χ4v) is 2.88. The van der Waals surface area contributed by atoms with Crippen molar-refractivity contribution in [3.63, 3.8) is 0 Å². The summed E-state index contributed by atoms with van der Waals surface area (Å²) >= 11 is 1.47. The highest BCUT2D eigenvalue weighted by atomic mass is 32.2. The Morgan fingerprint density at radius 2 is 1.64 bits per heavy atom. The monoisotopic (exact) mass is 218 g/mol. The van der Waals surface area contributed by atoms with Gasteiger partial charge in [-0.1, -0.05) is 11.8 Å². The average Bonchev–Trinajstić information content (AvgIpc) is 2.13. The van der Waals surface area contributed by atoms with Gasteiger partial charge in [-0.2, -0.15) is 0 Å². The number of hydrogen-bond donors (Lipinski definition) is 0. The van der Waals surface area contributed by atoms with E-state index in [0.717, 1.165) is 30.7 Å². The molecule has 1 atom stereocenters. The predicted octanol–water partition coefficient (Wildman–Crippen LogP) is 2.53. The highest BCUT2D eigenvalue weighted by molar-refractivity contribution is 8.14. The van der Waals surface area contributed by atoms with E-state index in [1.807, 2.05) is 0 Å². The van der Waals surface area contributed by atoms with Crippen molar-refractivity contribution in [2.24, 2.45) is 0 Å². The summed E-state index contributed by atoms with van der Waals surface area (Å²) in [6.45, 7) is 15.1. The summed E-state index contributed by atoms with van der Waals surface area (Å²) in [6, 6.07) is 0. The second-order valence-corrected chi connectivity index (χ2v) is 5.51. The third-order valence-corrected chi connectivity index (χ3v) is 3.91. The number of hydrogen-bond acceptors (Lipinski definition) is 2. The van der Waals surface area contributed by atoms with Gasteiger partial charge in [0.1, 0.15) is 0 Å². The summed E-state index contributed by atoms with van der Waals surface area (Å²) in [5, 5.41) is 0.672. The van der Waals surface area contributed by atoms with Crippen molar-refractivity contribution in [1.29, 1.82) is 0 Å². The molecule has 0 spiro atoms. The Bertz CT molecular complexity index is 170. The molecule has 0 N–H and O–H groups in total. The van der Waals surface area contributed by atoms with Crippen LogP contribution in [0.3, 0.4) is 0 Å². The Balaban J connectivity index is 4.21. The highest BCUT2D eigenvalue weighted by Gasteiger charge is 2.24. The van der Waals surface area contributed by atoms with Crippen molar-refractivity contribution in [3.8, 4) is 0 Å². The van der Waals surface area contributed by atoms with E-state index >= 15 is 0 Å². The van der Waals surface area contributed by atoms with Crippen LogP contribution in [0.25, 0.3) is 0 Å². The largest absolute Gasteiger partial charge is 0.323 e. The minimum atomic E-state index is 0.235. The van der Waals surface area contributed by atoms with Crippen molar-refractivity contribution in [2.45, 2.75) is 39.9 Å². The van der Waals surface area contributed by atoms with E-state index in [2.05, 4.69) is 27.7 Å². The first kappa shape index (κ1) is 14.0. The van der Waals surface area contributed by atoms with Gasteiger partial charge in [-0.25, -0.2) is 0 Å². The maximum absolute atomic E-state index is 11.0. The van der Waals surface area contributed by atoms with E-state index in [0.29, 0.717) is 5.25 Å². The Morgan fingerprint density at radius 1 is 1.21 bits per heavy atom. The molecule has 2 nitrogen and oxygen atoms in total. The topological polar surface area (TPSA) is 17.1 Å². The smallest absolute Gasteiger partial charge is 0.186 e. The molecule has 0 bridgehead atoms. The first-order valence-corrected chi connectivity index (χ1v) is 6.40. The van der Waals surface area contributed by atoms with E-state index in [1.165, 1.54) is 11.8 Å². The van der Waals surface area contributed by atoms with Crippen molar-refractivity contribution in [2.75, 3.05) is 26.2 Å². The van der Waals surface area contributed by atoms with Gasteiger partial charge in [0.05, 0.1) is 31.4 Å². The normalized spacial score (nSPS) is 14.1. The van der Waals surface area contributed by atoms with Gasteiger partial charge in [-0.15, -0.1) is 0 Å². The first-order valence-electron chi connectivity index (χ1n) is 5.52. The Hall–Kier alpha value is -0.0200. The number of carbonyl (C=O) groups is 1. The average molecular weight is 218 g/mol. The molecule has 0 saturated carbocycles. The van der Waals surface area contributed by atoms with Crippen LogP contribution >= 0.6 is 11.8 Å². The third kappa shape index (κ3) is 4.47. The van der Waals surface area contributed by atoms with Crippen LogP contribution in [0.1, 0.15) is 34.6 Å². The molecule has 0 aromatic carbocycles. The van der Waals surface area contributed by atoms with Crippen LogP contribution in [0.15, 0.2) is 0 Å².